The fourth-order valence-electron chi connectivity index (χ4n) is 4.84. The summed E-state index contributed by atoms with van der Waals surface area (Å²) >= 11 is 0. The summed E-state index contributed by atoms with van der Waals surface area (Å²) in [6, 6.07) is 5.73. The van der Waals surface area contributed by atoms with Gasteiger partial charge >= 0.3 is 6.03 Å². The highest BCUT2D eigenvalue weighted by Crippen LogP contribution is 2.23. The molecule has 0 saturated carbocycles. The zero-order chi connectivity index (χ0) is 23.3. The van der Waals surface area contributed by atoms with Crippen LogP contribution in [0.3, 0.4) is 0 Å². The Morgan fingerprint density at radius 2 is 1.59 bits per heavy atom. The molecule has 2 aliphatic heterocycles. The summed E-state index contributed by atoms with van der Waals surface area (Å²) in [6.07, 6.45) is 4.60. The van der Waals surface area contributed by atoms with E-state index < -0.39 is 0 Å². The van der Waals surface area contributed by atoms with Gasteiger partial charge in [0.1, 0.15) is 0 Å². The summed E-state index contributed by atoms with van der Waals surface area (Å²) in [5.41, 5.74) is 2.35. The molecule has 32 heavy (non-hydrogen) atoms. The Balaban J connectivity index is 1.53. The van der Waals surface area contributed by atoms with Crippen molar-refractivity contribution >= 4 is 17.6 Å². The van der Waals surface area contributed by atoms with E-state index in [1.165, 1.54) is 12.8 Å². The molecule has 2 N–H and O–H groups in total. The quantitative estimate of drug-likeness (QED) is 0.668. The van der Waals surface area contributed by atoms with E-state index in [0.29, 0.717) is 30.0 Å². The molecule has 6 nitrogen and oxygen atoms in total. The fraction of sp³-hybridized carbons (Fsp3) is 0.692. The summed E-state index contributed by atoms with van der Waals surface area (Å²) < 4.78 is 0. The lowest BCUT2D eigenvalue weighted by Crippen LogP contribution is -2.50. The number of hydrogen-bond donors (Lipinski definition) is 2. The SMILES string of the molecule is Cc1cc(C(=O)N2CCC(C)CC2)ccc1NC(=O)NCC(C(C)C)N1CCC(C)CC1. The molecule has 6 heteroatoms. The first kappa shape index (κ1) is 24.6. The lowest BCUT2D eigenvalue weighted by molar-refractivity contribution is 0.0697. The van der Waals surface area contributed by atoms with Gasteiger partial charge in [0.15, 0.2) is 0 Å². The van der Waals surface area contributed by atoms with Crippen molar-refractivity contribution in [2.45, 2.75) is 66.3 Å². The Morgan fingerprint density at radius 1 is 1.00 bits per heavy atom. The monoisotopic (exact) mass is 442 g/mol. The number of piperidine rings is 2. The van der Waals surface area contributed by atoms with Crippen molar-refractivity contribution < 1.29 is 9.59 Å². The van der Waals surface area contributed by atoms with Gasteiger partial charge in [-0.05, 0) is 87.2 Å². The molecule has 1 aromatic rings. The maximum Gasteiger partial charge on any atom is 0.319 e. The van der Waals surface area contributed by atoms with E-state index in [4.69, 9.17) is 0 Å². The molecule has 2 aliphatic rings. The first-order valence-corrected chi connectivity index (χ1v) is 12.4. The van der Waals surface area contributed by atoms with E-state index in [-0.39, 0.29) is 11.9 Å². The summed E-state index contributed by atoms with van der Waals surface area (Å²) in [6.45, 7) is 15.5. The van der Waals surface area contributed by atoms with Gasteiger partial charge in [-0.25, -0.2) is 4.79 Å². The molecule has 1 aromatic carbocycles. The normalized spacial score (nSPS) is 19.8. The van der Waals surface area contributed by atoms with Gasteiger partial charge in [-0.3, -0.25) is 9.69 Å². The van der Waals surface area contributed by atoms with Crippen molar-refractivity contribution in [1.29, 1.82) is 0 Å². The lowest BCUT2D eigenvalue weighted by Gasteiger charge is -2.38. The van der Waals surface area contributed by atoms with Crippen molar-refractivity contribution in [3.05, 3.63) is 29.3 Å². The molecule has 0 spiro atoms. The number of carbonyl (C=O) groups is 2. The van der Waals surface area contributed by atoms with Gasteiger partial charge in [0.25, 0.3) is 5.91 Å². The maximum absolute atomic E-state index is 12.8. The molecular formula is C26H42N4O2. The van der Waals surface area contributed by atoms with Gasteiger partial charge < -0.3 is 15.5 Å². The average molecular weight is 443 g/mol. The first-order chi connectivity index (χ1) is 15.2. The number of nitrogens with zero attached hydrogens (tertiary/aromatic N) is 2. The number of carbonyl (C=O) groups excluding carboxylic acids is 2. The number of rotatable bonds is 6. The van der Waals surface area contributed by atoms with E-state index in [2.05, 4.69) is 43.2 Å². The second kappa shape index (κ2) is 11.2. The van der Waals surface area contributed by atoms with E-state index in [1.807, 2.05) is 30.0 Å². The average Bonchev–Trinajstić information content (AvgIpc) is 2.76. The van der Waals surface area contributed by atoms with Gasteiger partial charge in [-0.15, -0.1) is 0 Å². The number of anilines is 1. The molecular weight excluding hydrogens is 400 g/mol. The Labute approximate surface area is 194 Å². The molecule has 3 amide bonds. The Kier molecular flexibility index (Phi) is 8.57. The topological polar surface area (TPSA) is 64.7 Å². The predicted molar refractivity (Wildman–Crippen MR) is 131 cm³/mol. The number of nitrogens with one attached hydrogen (secondary N) is 2. The number of aryl methyl sites for hydroxylation is 1. The largest absolute Gasteiger partial charge is 0.339 e. The number of likely N-dealkylation sites (tertiary alicyclic amines) is 2. The molecule has 2 saturated heterocycles. The van der Waals surface area contributed by atoms with Crippen LogP contribution in [-0.2, 0) is 0 Å². The summed E-state index contributed by atoms with van der Waals surface area (Å²) in [5, 5.41) is 6.05. The summed E-state index contributed by atoms with van der Waals surface area (Å²) in [7, 11) is 0. The number of benzene rings is 1. The number of hydrogen-bond acceptors (Lipinski definition) is 3. The minimum atomic E-state index is -0.187. The zero-order valence-corrected chi connectivity index (χ0v) is 20.6. The van der Waals surface area contributed by atoms with Crippen LogP contribution in [0.15, 0.2) is 18.2 Å². The first-order valence-electron chi connectivity index (χ1n) is 12.4. The third-order valence-electron chi connectivity index (χ3n) is 7.32. The molecule has 0 bridgehead atoms. The zero-order valence-electron chi connectivity index (χ0n) is 20.6. The van der Waals surface area contributed by atoms with Crippen LogP contribution in [0.25, 0.3) is 0 Å². The van der Waals surface area contributed by atoms with Crippen LogP contribution >= 0.6 is 0 Å². The molecule has 2 fully saturated rings. The number of amides is 3. The molecule has 1 unspecified atom stereocenters. The Morgan fingerprint density at radius 3 is 2.16 bits per heavy atom. The second-order valence-corrected chi connectivity index (χ2v) is 10.4. The van der Waals surface area contributed by atoms with E-state index in [0.717, 1.165) is 56.2 Å². The molecule has 3 rings (SSSR count). The predicted octanol–water partition coefficient (Wildman–Crippen LogP) is 4.75. The Bertz CT molecular complexity index is 778. The molecule has 1 atom stereocenters. The lowest BCUT2D eigenvalue weighted by atomic mass is 9.94. The minimum absolute atomic E-state index is 0.0895. The smallest absolute Gasteiger partial charge is 0.319 e. The highest BCUT2D eigenvalue weighted by Gasteiger charge is 2.26. The summed E-state index contributed by atoms with van der Waals surface area (Å²) in [4.78, 5) is 29.9. The molecule has 0 aromatic heterocycles. The van der Waals surface area contributed by atoms with Gasteiger partial charge in [0.05, 0.1) is 0 Å². The van der Waals surface area contributed by atoms with E-state index in [1.54, 1.807) is 0 Å². The van der Waals surface area contributed by atoms with Gasteiger partial charge in [0, 0.05) is 36.9 Å². The van der Waals surface area contributed by atoms with Crippen molar-refractivity contribution in [3.8, 4) is 0 Å². The van der Waals surface area contributed by atoms with E-state index in [9.17, 15) is 9.59 Å². The fourth-order valence-corrected chi connectivity index (χ4v) is 4.84. The van der Waals surface area contributed by atoms with Crippen LogP contribution in [0.1, 0.15) is 69.3 Å². The van der Waals surface area contributed by atoms with Crippen molar-refractivity contribution in [2.24, 2.45) is 17.8 Å². The van der Waals surface area contributed by atoms with Crippen LogP contribution in [0.2, 0.25) is 0 Å². The third-order valence-corrected chi connectivity index (χ3v) is 7.32. The highest BCUT2D eigenvalue weighted by molar-refractivity contribution is 5.96. The number of urea groups is 1. The van der Waals surface area contributed by atoms with Crippen LogP contribution in [0.4, 0.5) is 10.5 Å². The van der Waals surface area contributed by atoms with Crippen LogP contribution in [0, 0.1) is 24.7 Å². The van der Waals surface area contributed by atoms with Crippen molar-refractivity contribution in [2.75, 3.05) is 38.0 Å². The van der Waals surface area contributed by atoms with Gasteiger partial charge in [-0.2, -0.15) is 0 Å². The van der Waals surface area contributed by atoms with Gasteiger partial charge in [-0.1, -0.05) is 27.7 Å². The van der Waals surface area contributed by atoms with Crippen molar-refractivity contribution in [1.82, 2.24) is 15.1 Å². The minimum Gasteiger partial charge on any atom is -0.339 e. The van der Waals surface area contributed by atoms with Crippen LogP contribution < -0.4 is 10.6 Å². The molecule has 178 valence electrons. The summed E-state index contributed by atoms with van der Waals surface area (Å²) in [5.74, 6) is 2.06. The Hall–Kier alpha value is -2.08. The second-order valence-electron chi connectivity index (χ2n) is 10.4. The van der Waals surface area contributed by atoms with E-state index >= 15 is 0 Å². The van der Waals surface area contributed by atoms with Crippen LogP contribution in [-0.4, -0.2) is 60.5 Å². The highest BCUT2D eigenvalue weighted by atomic mass is 16.2. The molecule has 0 aliphatic carbocycles. The third kappa shape index (κ3) is 6.47. The molecule has 2 heterocycles. The van der Waals surface area contributed by atoms with Gasteiger partial charge in [0.2, 0.25) is 0 Å². The standard InChI is InChI=1S/C26H42N4O2/c1-18(2)24(29-12-8-19(3)9-13-29)17-27-26(32)28-23-7-6-22(16-21(23)5)25(31)30-14-10-20(4)11-15-30/h6-7,16,18-20,24H,8-15,17H2,1-5H3,(H2,27,28,32). The molecule has 0 radical (unpaired) electrons. The van der Waals surface area contributed by atoms with Crippen LogP contribution in [0.5, 0.6) is 0 Å². The maximum atomic E-state index is 12.8. The van der Waals surface area contributed by atoms with Crippen molar-refractivity contribution in [3.63, 3.8) is 0 Å².